The van der Waals surface area contributed by atoms with E-state index in [4.69, 9.17) is 0 Å². The average molecular weight is 339 g/mol. The second-order valence-electron chi connectivity index (χ2n) is 6.07. The Morgan fingerprint density at radius 1 is 1.17 bits per heavy atom. The summed E-state index contributed by atoms with van der Waals surface area (Å²) in [6.07, 6.45) is 1.51. The molecule has 1 aliphatic heterocycles. The number of benzene rings is 1. The molecule has 1 saturated heterocycles. The standard InChI is InChI=1S/C17H17N5OS/c1-11-5-6-13(8-12(11)2)15-16(22-10-18-19-20-22)17(23)21(15)9-14-4-3-7-24-14/h3-8,10,15-16H,9H2,1-2H3. The highest BCUT2D eigenvalue weighted by Crippen LogP contribution is 2.44. The van der Waals surface area contributed by atoms with Crippen molar-refractivity contribution in [3.05, 3.63) is 63.6 Å². The van der Waals surface area contributed by atoms with Gasteiger partial charge in [0.05, 0.1) is 12.6 Å². The molecule has 1 aliphatic rings. The maximum atomic E-state index is 12.7. The van der Waals surface area contributed by atoms with Crippen LogP contribution in [0.2, 0.25) is 0 Å². The van der Waals surface area contributed by atoms with Crippen molar-refractivity contribution in [1.29, 1.82) is 0 Å². The quantitative estimate of drug-likeness (QED) is 0.686. The lowest BCUT2D eigenvalue weighted by molar-refractivity contribution is -0.157. The predicted molar refractivity (Wildman–Crippen MR) is 90.4 cm³/mol. The molecule has 2 atom stereocenters. The molecule has 0 saturated carbocycles. The Kier molecular flexibility index (Phi) is 3.65. The molecule has 0 N–H and O–H groups in total. The van der Waals surface area contributed by atoms with E-state index in [0.717, 1.165) is 5.56 Å². The van der Waals surface area contributed by atoms with Gasteiger partial charge in [-0.05, 0) is 52.4 Å². The molecule has 1 aromatic carbocycles. The van der Waals surface area contributed by atoms with Gasteiger partial charge >= 0.3 is 0 Å². The highest BCUT2D eigenvalue weighted by atomic mass is 32.1. The molecule has 122 valence electrons. The van der Waals surface area contributed by atoms with Gasteiger partial charge in [0, 0.05) is 4.88 Å². The lowest BCUT2D eigenvalue weighted by Crippen LogP contribution is -2.55. The van der Waals surface area contributed by atoms with Gasteiger partial charge < -0.3 is 4.90 Å². The van der Waals surface area contributed by atoms with E-state index in [1.165, 1.54) is 22.3 Å². The highest BCUT2D eigenvalue weighted by Gasteiger charge is 2.50. The van der Waals surface area contributed by atoms with Crippen molar-refractivity contribution < 1.29 is 4.79 Å². The van der Waals surface area contributed by atoms with Crippen LogP contribution in [-0.4, -0.2) is 31.0 Å². The second kappa shape index (κ2) is 5.83. The Morgan fingerprint density at radius 2 is 2.04 bits per heavy atom. The summed E-state index contributed by atoms with van der Waals surface area (Å²) in [6.45, 7) is 4.80. The highest BCUT2D eigenvalue weighted by molar-refractivity contribution is 7.09. The molecular formula is C17H17N5OS. The summed E-state index contributed by atoms with van der Waals surface area (Å²) in [4.78, 5) is 15.8. The SMILES string of the molecule is Cc1ccc(C2C(n3cnnn3)C(=O)N2Cc2cccs2)cc1C. The van der Waals surface area contributed by atoms with Gasteiger partial charge in [0.25, 0.3) is 5.91 Å². The molecule has 0 radical (unpaired) electrons. The monoisotopic (exact) mass is 339 g/mol. The van der Waals surface area contributed by atoms with Crippen molar-refractivity contribution in [2.45, 2.75) is 32.5 Å². The van der Waals surface area contributed by atoms with Crippen molar-refractivity contribution in [2.24, 2.45) is 0 Å². The van der Waals surface area contributed by atoms with E-state index in [0.29, 0.717) is 6.54 Å². The van der Waals surface area contributed by atoms with Crippen LogP contribution in [0.25, 0.3) is 0 Å². The summed E-state index contributed by atoms with van der Waals surface area (Å²) < 4.78 is 1.56. The summed E-state index contributed by atoms with van der Waals surface area (Å²) in [5, 5.41) is 13.3. The number of carbonyl (C=O) groups excluding carboxylic acids is 1. The van der Waals surface area contributed by atoms with Gasteiger partial charge in [-0.2, -0.15) is 0 Å². The molecule has 6 nitrogen and oxygen atoms in total. The molecule has 1 fully saturated rings. The summed E-state index contributed by atoms with van der Waals surface area (Å²) in [6, 6.07) is 9.99. The first kappa shape index (κ1) is 15.0. The number of aryl methyl sites for hydroxylation is 2. The van der Waals surface area contributed by atoms with Crippen molar-refractivity contribution in [1.82, 2.24) is 25.1 Å². The third-order valence-corrected chi connectivity index (χ3v) is 5.46. The minimum absolute atomic E-state index is 0.0533. The van der Waals surface area contributed by atoms with Gasteiger partial charge in [-0.1, -0.05) is 24.3 Å². The maximum absolute atomic E-state index is 12.7. The molecule has 3 aromatic rings. The van der Waals surface area contributed by atoms with Crippen molar-refractivity contribution >= 4 is 17.2 Å². The Labute approximate surface area is 143 Å². The minimum Gasteiger partial charge on any atom is -0.326 e. The topological polar surface area (TPSA) is 63.9 Å². The van der Waals surface area contributed by atoms with Crippen molar-refractivity contribution in [3.8, 4) is 0 Å². The van der Waals surface area contributed by atoms with Gasteiger partial charge in [-0.3, -0.25) is 4.79 Å². The Morgan fingerprint density at radius 3 is 2.71 bits per heavy atom. The van der Waals surface area contributed by atoms with Crippen LogP contribution < -0.4 is 0 Å². The molecule has 3 heterocycles. The van der Waals surface area contributed by atoms with Gasteiger partial charge in [-0.25, -0.2) is 4.68 Å². The predicted octanol–water partition coefficient (Wildman–Crippen LogP) is 2.68. The summed E-state index contributed by atoms with van der Waals surface area (Å²) in [5.74, 6) is 0.0546. The molecule has 2 unspecified atom stereocenters. The molecule has 1 amide bonds. The second-order valence-corrected chi connectivity index (χ2v) is 7.10. The van der Waals surface area contributed by atoms with Crippen molar-refractivity contribution in [2.75, 3.05) is 0 Å². The molecule has 0 bridgehead atoms. The molecule has 24 heavy (non-hydrogen) atoms. The van der Waals surface area contributed by atoms with Gasteiger partial charge in [0.1, 0.15) is 6.33 Å². The van der Waals surface area contributed by atoms with Gasteiger partial charge in [0.2, 0.25) is 0 Å². The number of likely N-dealkylation sites (tertiary alicyclic amines) is 1. The fourth-order valence-electron chi connectivity index (χ4n) is 3.14. The van der Waals surface area contributed by atoms with E-state index in [1.54, 1.807) is 16.0 Å². The van der Waals surface area contributed by atoms with E-state index in [9.17, 15) is 4.79 Å². The smallest absolute Gasteiger partial charge is 0.251 e. The zero-order valence-corrected chi connectivity index (χ0v) is 14.3. The van der Waals surface area contributed by atoms with Gasteiger partial charge in [0.15, 0.2) is 6.04 Å². The van der Waals surface area contributed by atoms with Crippen LogP contribution >= 0.6 is 11.3 Å². The van der Waals surface area contributed by atoms with Crippen molar-refractivity contribution in [3.63, 3.8) is 0 Å². The molecule has 0 spiro atoms. The zero-order valence-electron chi connectivity index (χ0n) is 13.5. The van der Waals surface area contributed by atoms with Crippen LogP contribution in [0.1, 0.15) is 33.7 Å². The van der Waals surface area contributed by atoms with E-state index in [-0.39, 0.29) is 18.0 Å². The number of hydrogen-bond donors (Lipinski definition) is 0. The third kappa shape index (κ3) is 2.41. The fraction of sp³-hybridized carbons (Fsp3) is 0.294. The summed E-state index contributed by atoms with van der Waals surface area (Å²) >= 11 is 1.66. The Bertz CT molecular complexity index is 859. The summed E-state index contributed by atoms with van der Waals surface area (Å²) in [7, 11) is 0. The number of hydrogen-bond acceptors (Lipinski definition) is 5. The lowest BCUT2D eigenvalue weighted by Gasteiger charge is -2.46. The Hall–Kier alpha value is -2.54. The molecular weight excluding hydrogens is 322 g/mol. The normalized spacial score (nSPS) is 20.2. The van der Waals surface area contributed by atoms with E-state index < -0.39 is 0 Å². The number of aromatic nitrogens is 4. The summed E-state index contributed by atoms with van der Waals surface area (Å²) in [5.41, 5.74) is 3.58. The fourth-order valence-corrected chi connectivity index (χ4v) is 3.84. The molecule has 0 aliphatic carbocycles. The number of thiophene rings is 1. The minimum atomic E-state index is -0.373. The third-order valence-electron chi connectivity index (χ3n) is 4.60. The van der Waals surface area contributed by atoms with Crippen LogP contribution in [0.5, 0.6) is 0 Å². The first-order valence-electron chi connectivity index (χ1n) is 7.77. The number of β-lactam (4-membered cyclic amide) rings is 1. The number of carbonyl (C=O) groups is 1. The van der Waals surface area contributed by atoms with Gasteiger partial charge in [-0.15, -0.1) is 16.4 Å². The molecule has 2 aromatic heterocycles. The maximum Gasteiger partial charge on any atom is 0.251 e. The van der Waals surface area contributed by atoms with Crippen LogP contribution in [0.3, 0.4) is 0 Å². The average Bonchev–Trinajstić information content (AvgIpc) is 3.26. The lowest BCUT2D eigenvalue weighted by atomic mass is 9.87. The van der Waals surface area contributed by atoms with E-state index in [1.807, 2.05) is 16.3 Å². The zero-order chi connectivity index (χ0) is 16.7. The first-order valence-corrected chi connectivity index (χ1v) is 8.65. The number of tetrazole rings is 1. The molecule has 7 heteroatoms. The Balaban J connectivity index is 1.71. The number of amides is 1. The number of nitrogens with zero attached hydrogens (tertiary/aromatic N) is 5. The van der Waals surface area contributed by atoms with Crippen LogP contribution in [0.4, 0.5) is 0 Å². The van der Waals surface area contributed by atoms with Crippen LogP contribution in [-0.2, 0) is 11.3 Å². The van der Waals surface area contributed by atoms with E-state index >= 15 is 0 Å². The van der Waals surface area contributed by atoms with E-state index in [2.05, 4.69) is 53.6 Å². The molecule has 4 rings (SSSR count). The largest absolute Gasteiger partial charge is 0.326 e. The van der Waals surface area contributed by atoms with Crippen LogP contribution in [0.15, 0.2) is 42.0 Å². The number of rotatable bonds is 4. The first-order chi connectivity index (χ1) is 11.6. The van der Waals surface area contributed by atoms with Crippen LogP contribution in [0, 0.1) is 13.8 Å².